The van der Waals surface area contributed by atoms with Gasteiger partial charge in [-0.1, -0.05) is 18.2 Å². The van der Waals surface area contributed by atoms with Crippen molar-refractivity contribution in [3.05, 3.63) is 59.6 Å². The van der Waals surface area contributed by atoms with Crippen molar-refractivity contribution >= 4 is 29.7 Å². The first-order valence-electron chi connectivity index (χ1n) is 9.00. The summed E-state index contributed by atoms with van der Waals surface area (Å²) in [6, 6.07) is 13.6. The van der Waals surface area contributed by atoms with Gasteiger partial charge in [-0.05, 0) is 50.1 Å². The second-order valence-corrected chi connectivity index (χ2v) is 7.70. The Balaban J connectivity index is 1.78. The summed E-state index contributed by atoms with van der Waals surface area (Å²) < 4.78 is 5.61. The largest absolute Gasteiger partial charge is 0.481 e. The number of aryl methyl sites for hydroxylation is 1. The number of carboxylic acids is 1. The molecule has 1 aliphatic heterocycles. The van der Waals surface area contributed by atoms with Crippen LogP contribution in [0.1, 0.15) is 24.4 Å². The number of carboxylic acid groups (broad SMARTS) is 1. The molecule has 2 heterocycles. The molecule has 0 aliphatic carbocycles. The SMILES string of the molecule is Cc1ccc(/C=C(\CSc2ccccc2)C(=O)N2CCC[C@@H](C(=O)O)C2)o1. The van der Waals surface area contributed by atoms with Crippen LogP contribution in [0.4, 0.5) is 0 Å². The normalized spacial score (nSPS) is 17.7. The van der Waals surface area contributed by atoms with E-state index in [4.69, 9.17) is 4.42 Å². The minimum atomic E-state index is -0.835. The van der Waals surface area contributed by atoms with Gasteiger partial charge in [0.15, 0.2) is 0 Å². The number of hydrogen-bond acceptors (Lipinski definition) is 4. The second-order valence-electron chi connectivity index (χ2n) is 6.65. The number of carbonyl (C=O) groups is 2. The first kappa shape index (κ1) is 19.3. The van der Waals surface area contributed by atoms with E-state index in [9.17, 15) is 14.7 Å². The van der Waals surface area contributed by atoms with Crippen molar-refractivity contribution in [2.75, 3.05) is 18.8 Å². The number of hydrogen-bond donors (Lipinski definition) is 1. The van der Waals surface area contributed by atoms with E-state index in [-0.39, 0.29) is 12.5 Å². The third-order valence-corrected chi connectivity index (χ3v) is 5.61. The molecular formula is C21H23NO4S. The van der Waals surface area contributed by atoms with Crippen LogP contribution in [0.5, 0.6) is 0 Å². The number of furan rings is 1. The van der Waals surface area contributed by atoms with Gasteiger partial charge in [0.1, 0.15) is 11.5 Å². The number of aliphatic carboxylic acids is 1. The molecule has 1 saturated heterocycles. The number of thioether (sulfide) groups is 1. The molecule has 1 fully saturated rings. The summed E-state index contributed by atoms with van der Waals surface area (Å²) in [6.07, 6.45) is 3.10. The van der Waals surface area contributed by atoms with Crippen LogP contribution in [0.2, 0.25) is 0 Å². The minimum Gasteiger partial charge on any atom is -0.481 e. The molecule has 1 aromatic heterocycles. The zero-order valence-electron chi connectivity index (χ0n) is 15.3. The average molecular weight is 385 g/mol. The summed E-state index contributed by atoms with van der Waals surface area (Å²) in [4.78, 5) is 27.2. The Hall–Kier alpha value is -2.47. The van der Waals surface area contributed by atoms with E-state index in [2.05, 4.69) is 0 Å². The molecule has 1 aromatic carbocycles. The van der Waals surface area contributed by atoms with Gasteiger partial charge >= 0.3 is 5.97 Å². The van der Waals surface area contributed by atoms with Crippen molar-refractivity contribution in [1.29, 1.82) is 0 Å². The molecule has 142 valence electrons. The van der Waals surface area contributed by atoms with Gasteiger partial charge < -0.3 is 14.4 Å². The smallest absolute Gasteiger partial charge is 0.308 e. The zero-order chi connectivity index (χ0) is 19.2. The molecule has 1 aliphatic rings. The summed E-state index contributed by atoms with van der Waals surface area (Å²) in [5, 5.41) is 9.29. The third kappa shape index (κ3) is 5.26. The van der Waals surface area contributed by atoms with E-state index in [0.717, 1.165) is 10.7 Å². The van der Waals surface area contributed by atoms with Crippen molar-refractivity contribution < 1.29 is 19.1 Å². The topological polar surface area (TPSA) is 70.8 Å². The molecule has 1 amide bonds. The van der Waals surface area contributed by atoms with Crippen LogP contribution >= 0.6 is 11.8 Å². The maximum Gasteiger partial charge on any atom is 0.308 e. The molecule has 3 rings (SSSR count). The molecule has 0 spiro atoms. The standard InChI is InChI=1S/C21H23NO4S/c1-15-9-10-18(26-15)12-17(14-27-19-7-3-2-4-8-19)20(23)22-11-5-6-16(13-22)21(24)25/h2-4,7-10,12,16H,5-6,11,13-14H2,1H3,(H,24,25)/b17-12+/t16-/m1/s1. The van der Waals surface area contributed by atoms with Crippen molar-refractivity contribution in [3.63, 3.8) is 0 Å². The van der Waals surface area contributed by atoms with Gasteiger partial charge in [-0.15, -0.1) is 11.8 Å². The fourth-order valence-corrected chi connectivity index (χ4v) is 3.99. The van der Waals surface area contributed by atoms with Gasteiger partial charge in [-0.3, -0.25) is 9.59 Å². The fourth-order valence-electron chi connectivity index (χ4n) is 3.11. The van der Waals surface area contributed by atoms with Crippen molar-refractivity contribution in [3.8, 4) is 0 Å². The highest BCUT2D eigenvalue weighted by Gasteiger charge is 2.29. The van der Waals surface area contributed by atoms with Gasteiger partial charge in [0.2, 0.25) is 0 Å². The molecule has 0 unspecified atom stereocenters. The lowest BCUT2D eigenvalue weighted by atomic mass is 9.97. The maximum atomic E-state index is 13.1. The van der Waals surface area contributed by atoms with Crippen LogP contribution in [0.25, 0.3) is 6.08 Å². The number of benzene rings is 1. The molecule has 0 radical (unpaired) electrons. The lowest BCUT2D eigenvalue weighted by Gasteiger charge is -2.31. The third-order valence-electron chi connectivity index (χ3n) is 4.55. The highest BCUT2D eigenvalue weighted by Crippen LogP contribution is 2.25. The van der Waals surface area contributed by atoms with Crippen LogP contribution in [0, 0.1) is 12.8 Å². The predicted molar refractivity (Wildman–Crippen MR) is 106 cm³/mol. The highest BCUT2D eigenvalue weighted by atomic mass is 32.2. The fraction of sp³-hybridized carbons (Fsp3) is 0.333. The quantitative estimate of drug-likeness (QED) is 0.599. The van der Waals surface area contributed by atoms with Crippen molar-refractivity contribution in [1.82, 2.24) is 4.90 Å². The molecule has 1 N–H and O–H groups in total. The van der Waals surface area contributed by atoms with Gasteiger partial charge in [-0.2, -0.15) is 0 Å². The maximum absolute atomic E-state index is 13.1. The Kier molecular flexibility index (Phi) is 6.40. The number of piperidine rings is 1. The molecule has 2 aromatic rings. The Morgan fingerprint density at radius 1 is 1.26 bits per heavy atom. The summed E-state index contributed by atoms with van der Waals surface area (Å²) in [6.45, 7) is 2.71. The van der Waals surface area contributed by atoms with Crippen LogP contribution in [0.15, 0.2) is 57.4 Å². The average Bonchev–Trinajstić information content (AvgIpc) is 3.10. The number of nitrogens with zero attached hydrogens (tertiary/aromatic N) is 1. The van der Waals surface area contributed by atoms with Gasteiger partial charge in [0.25, 0.3) is 5.91 Å². The number of amides is 1. The Morgan fingerprint density at radius 2 is 2.04 bits per heavy atom. The Bertz CT molecular complexity index is 828. The molecule has 27 heavy (non-hydrogen) atoms. The molecule has 6 heteroatoms. The first-order valence-corrected chi connectivity index (χ1v) is 9.98. The molecule has 0 saturated carbocycles. The monoisotopic (exact) mass is 385 g/mol. The molecule has 1 atom stereocenters. The first-order chi connectivity index (χ1) is 13.0. The number of likely N-dealkylation sites (tertiary alicyclic amines) is 1. The van der Waals surface area contributed by atoms with Gasteiger partial charge in [0.05, 0.1) is 5.92 Å². The number of carbonyl (C=O) groups excluding carboxylic acids is 1. The van der Waals surface area contributed by atoms with Gasteiger partial charge in [0, 0.05) is 29.3 Å². The van der Waals surface area contributed by atoms with Crippen molar-refractivity contribution in [2.45, 2.75) is 24.7 Å². The van der Waals surface area contributed by atoms with E-state index >= 15 is 0 Å². The zero-order valence-corrected chi connectivity index (χ0v) is 16.1. The van der Waals surface area contributed by atoms with E-state index in [0.29, 0.717) is 36.5 Å². The van der Waals surface area contributed by atoms with E-state index in [1.165, 1.54) is 0 Å². The lowest BCUT2D eigenvalue weighted by molar-refractivity contribution is -0.145. The van der Waals surface area contributed by atoms with Crippen LogP contribution in [0.3, 0.4) is 0 Å². The summed E-state index contributed by atoms with van der Waals surface area (Å²) in [5.74, 6) is 0.481. The van der Waals surface area contributed by atoms with Crippen LogP contribution in [-0.4, -0.2) is 40.7 Å². The van der Waals surface area contributed by atoms with E-state index in [1.807, 2.05) is 49.4 Å². The predicted octanol–water partition coefficient (Wildman–Crippen LogP) is 4.09. The lowest BCUT2D eigenvalue weighted by Crippen LogP contribution is -2.43. The Morgan fingerprint density at radius 3 is 2.70 bits per heavy atom. The molecule has 0 bridgehead atoms. The summed E-state index contributed by atoms with van der Waals surface area (Å²) in [7, 11) is 0. The van der Waals surface area contributed by atoms with Crippen LogP contribution in [-0.2, 0) is 9.59 Å². The molecule has 5 nitrogen and oxygen atoms in total. The molecular weight excluding hydrogens is 362 g/mol. The van der Waals surface area contributed by atoms with Crippen molar-refractivity contribution in [2.24, 2.45) is 5.92 Å². The number of rotatable bonds is 6. The van der Waals surface area contributed by atoms with Gasteiger partial charge in [-0.25, -0.2) is 0 Å². The second kappa shape index (κ2) is 8.95. The highest BCUT2D eigenvalue weighted by molar-refractivity contribution is 7.99. The summed E-state index contributed by atoms with van der Waals surface area (Å²) in [5.41, 5.74) is 0.615. The summed E-state index contributed by atoms with van der Waals surface area (Å²) >= 11 is 1.58. The Labute approximate surface area is 163 Å². The van der Waals surface area contributed by atoms with E-state index in [1.54, 1.807) is 22.7 Å². The van der Waals surface area contributed by atoms with Crippen LogP contribution < -0.4 is 0 Å². The van der Waals surface area contributed by atoms with E-state index < -0.39 is 11.9 Å². The minimum absolute atomic E-state index is 0.113.